The quantitative estimate of drug-likeness (QED) is 0.390. The van der Waals surface area contributed by atoms with E-state index in [1.54, 1.807) is 4.57 Å². The standard InChI is InChI=1S/C16H19N5O6S2/c1-6(22)25-4-9-11(26-7(2)23)12(27-8(3)24)15(29-9)21-5-18-10-13(21)19-16(17)20-14(10)28/h5,9,11-12,15H,4H2,1-3H3,(H3,17,19,20,28)/t9-,11-,12-,15-/m0/s1. The zero-order valence-corrected chi connectivity index (χ0v) is 17.4. The second-order valence-electron chi connectivity index (χ2n) is 6.29. The lowest BCUT2D eigenvalue weighted by atomic mass is 10.1. The van der Waals surface area contributed by atoms with Crippen LogP contribution in [0.1, 0.15) is 26.1 Å². The molecule has 0 radical (unpaired) electrons. The van der Waals surface area contributed by atoms with E-state index < -0.39 is 40.7 Å². The summed E-state index contributed by atoms with van der Waals surface area (Å²) in [6, 6.07) is 0. The average Bonchev–Trinajstić information content (AvgIpc) is 3.15. The number of fused-ring (bicyclic) bond motifs is 1. The molecule has 2 aromatic heterocycles. The van der Waals surface area contributed by atoms with Gasteiger partial charge < -0.3 is 24.9 Å². The Morgan fingerprint density at radius 1 is 1.21 bits per heavy atom. The van der Waals surface area contributed by atoms with Gasteiger partial charge in [0.1, 0.15) is 23.1 Å². The summed E-state index contributed by atoms with van der Waals surface area (Å²) in [6.07, 6.45) is -0.202. The predicted molar refractivity (Wildman–Crippen MR) is 105 cm³/mol. The number of anilines is 1. The van der Waals surface area contributed by atoms with Crippen LogP contribution >= 0.6 is 24.0 Å². The number of nitrogens with two attached hydrogens (primary N) is 1. The highest BCUT2D eigenvalue weighted by Crippen LogP contribution is 2.46. The smallest absolute Gasteiger partial charge is 0.303 e. The maximum absolute atomic E-state index is 11.8. The normalized spacial score (nSPS) is 23.7. The van der Waals surface area contributed by atoms with Crippen molar-refractivity contribution in [2.75, 3.05) is 12.3 Å². The molecule has 1 fully saturated rings. The lowest BCUT2D eigenvalue weighted by molar-refractivity contribution is -0.166. The molecule has 2 aromatic rings. The second kappa shape index (κ2) is 8.37. The van der Waals surface area contributed by atoms with Gasteiger partial charge in [-0.25, -0.2) is 9.97 Å². The van der Waals surface area contributed by atoms with Gasteiger partial charge in [0.25, 0.3) is 0 Å². The number of thioether (sulfide) groups is 1. The van der Waals surface area contributed by atoms with E-state index in [-0.39, 0.29) is 17.2 Å². The van der Waals surface area contributed by atoms with E-state index in [4.69, 9.17) is 32.2 Å². The number of nitrogens with zero attached hydrogens (tertiary/aromatic N) is 3. The van der Waals surface area contributed by atoms with Crippen LogP contribution < -0.4 is 5.73 Å². The SMILES string of the molecule is CC(=O)OC[C@@H]1S[C@H](n2cnc3c(=S)nc(N)[nH]c32)[C@@H](OC(C)=O)[C@H]1OC(C)=O. The minimum Gasteiger partial charge on any atom is -0.465 e. The van der Waals surface area contributed by atoms with Gasteiger partial charge in [0.15, 0.2) is 22.8 Å². The number of nitrogen functional groups attached to an aromatic ring is 1. The summed E-state index contributed by atoms with van der Waals surface area (Å²) in [4.78, 5) is 45.8. The van der Waals surface area contributed by atoms with Gasteiger partial charge in [0.2, 0.25) is 0 Å². The van der Waals surface area contributed by atoms with Crippen LogP contribution in [0.2, 0.25) is 0 Å². The monoisotopic (exact) mass is 441 g/mol. The number of rotatable bonds is 5. The largest absolute Gasteiger partial charge is 0.465 e. The van der Waals surface area contributed by atoms with E-state index in [1.807, 2.05) is 0 Å². The van der Waals surface area contributed by atoms with E-state index in [9.17, 15) is 14.4 Å². The maximum atomic E-state index is 11.8. The van der Waals surface area contributed by atoms with Crippen LogP contribution in [0.3, 0.4) is 0 Å². The molecule has 0 bridgehead atoms. The molecule has 0 saturated carbocycles. The molecule has 156 valence electrons. The van der Waals surface area contributed by atoms with Crippen molar-refractivity contribution < 1.29 is 28.6 Å². The maximum Gasteiger partial charge on any atom is 0.303 e. The van der Waals surface area contributed by atoms with Crippen molar-refractivity contribution in [3.8, 4) is 0 Å². The Hall–Kier alpha value is -2.67. The van der Waals surface area contributed by atoms with E-state index in [0.29, 0.717) is 11.2 Å². The number of carbonyl (C=O) groups excluding carboxylic acids is 3. The summed E-state index contributed by atoms with van der Waals surface area (Å²) in [5.74, 6) is -1.48. The van der Waals surface area contributed by atoms with Gasteiger partial charge in [0.05, 0.1) is 11.6 Å². The van der Waals surface area contributed by atoms with Crippen LogP contribution in [-0.4, -0.2) is 61.5 Å². The van der Waals surface area contributed by atoms with Crippen LogP contribution in [0.5, 0.6) is 0 Å². The Bertz CT molecular complexity index is 1020. The van der Waals surface area contributed by atoms with Crippen LogP contribution in [0.25, 0.3) is 11.2 Å². The molecular weight excluding hydrogens is 422 g/mol. The Balaban J connectivity index is 2.05. The number of carbonyl (C=O) groups is 3. The Labute approximate surface area is 174 Å². The summed E-state index contributed by atoms with van der Waals surface area (Å²) < 4.78 is 17.9. The molecule has 1 aliphatic rings. The molecule has 0 aromatic carbocycles. The van der Waals surface area contributed by atoms with Gasteiger partial charge in [-0.15, -0.1) is 11.8 Å². The van der Waals surface area contributed by atoms with E-state index in [2.05, 4.69) is 15.0 Å². The molecule has 4 atom stereocenters. The average molecular weight is 441 g/mol. The Kier molecular flexibility index (Phi) is 6.07. The third-order valence-corrected chi connectivity index (χ3v) is 5.89. The first kappa shape index (κ1) is 21.0. The molecule has 3 rings (SSSR count). The number of aromatic amines is 1. The molecule has 0 aliphatic carbocycles. The second-order valence-corrected chi connectivity index (χ2v) is 8.04. The Morgan fingerprint density at radius 2 is 1.86 bits per heavy atom. The minimum absolute atomic E-state index is 0.0292. The number of hydrogen-bond acceptors (Lipinski definition) is 11. The van der Waals surface area contributed by atoms with Crippen molar-refractivity contribution in [1.29, 1.82) is 0 Å². The van der Waals surface area contributed by atoms with Gasteiger partial charge in [-0.1, -0.05) is 12.2 Å². The van der Waals surface area contributed by atoms with Gasteiger partial charge >= 0.3 is 17.9 Å². The Morgan fingerprint density at radius 3 is 2.48 bits per heavy atom. The highest BCUT2D eigenvalue weighted by Gasteiger charge is 2.50. The molecule has 0 spiro atoms. The number of aromatic nitrogens is 4. The molecule has 0 amide bonds. The molecule has 29 heavy (non-hydrogen) atoms. The third-order valence-electron chi connectivity index (χ3n) is 4.08. The van der Waals surface area contributed by atoms with Crippen molar-refractivity contribution in [2.24, 2.45) is 0 Å². The van der Waals surface area contributed by atoms with Crippen LogP contribution in [0.15, 0.2) is 6.33 Å². The van der Waals surface area contributed by atoms with Crippen molar-refractivity contribution in [3.63, 3.8) is 0 Å². The van der Waals surface area contributed by atoms with Crippen molar-refractivity contribution in [1.82, 2.24) is 19.5 Å². The topological polar surface area (TPSA) is 151 Å². The fraction of sp³-hybridized carbons (Fsp3) is 0.500. The van der Waals surface area contributed by atoms with Crippen molar-refractivity contribution in [2.45, 2.75) is 43.6 Å². The molecule has 3 heterocycles. The number of H-pyrrole nitrogens is 1. The number of hydrogen-bond donors (Lipinski definition) is 2. The number of esters is 3. The molecular formula is C16H19N5O6S2. The summed E-state index contributed by atoms with van der Waals surface area (Å²) in [7, 11) is 0. The number of nitrogens with one attached hydrogen (secondary N) is 1. The zero-order chi connectivity index (χ0) is 21.3. The molecule has 13 heteroatoms. The van der Waals surface area contributed by atoms with Gasteiger partial charge in [-0.3, -0.25) is 19.0 Å². The highest BCUT2D eigenvalue weighted by atomic mass is 32.2. The van der Waals surface area contributed by atoms with E-state index >= 15 is 0 Å². The number of imidazole rings is 1. The lowest BCUT2D eigenvalue weighted by Crippen LogP contribution is -2.40. The van der Waals surface area contributed by atoms with Crippen LogP contribution in [0, 0.1) is 4.64 Å². The predicted octanol–water partition coefficient (Wildman–Crippen LogP) is 1.11. The summed E-state index contributed by atoms with van der Waals surface area (Å²) in [6.45, 7) is 3.76. The van der Waals surface area contributed by atoms with Gasteiger partial charge in [0, 0.05) is 20.8 Å². The van der Waals surface area contributed by atoms with Gasteiger partial charge in [-0.2, -0.15) is 0 Å². The van der Waals surface area contributed by atoms with E-state index in [1.165, 1.54) is 38.9 Å². The molecule has 1 aliphatic heterocycles. The molecule has 11 nitrogen and oxygen atoms in total. The molecule has 1 saturated heterocycles. The van der Waals surface area contributed by atoms with Crippen molar-refractivity contribution in [3.05, 3.63) is 11.0 Å². The van der Waals surface area contributed by atoms with Gasteiger partial charge in [-0.05, 0) is 0 Å². The molecule has 0 unspecified atom stereocenters. The molecule has 3 N–H and O–H groups in total. The lowest BCUT2D eigenvalue weighted by Gasteiger charge is -2.25. The minimum atomic E-state index is -0.865. The fourth-order valence-corrected chi connectivity index (χ4v) is 4.84. The fourth-order valence-electron chi connectivity index (χ4n) is 3.06. The summed E-state index contributed by atoms with van der Waals surface area (Å²) in [5, 5.41) is -1.03. The third kappa shape index (κ3) is 4.50. The summed E-state index contributed by atoms with van der Waals surface area (Å²) in [5.41, 5.74) is 6.67. The summed E-state index contributed by atoms with van der Waals surface area (Å²) >= 11 is 6.51. The first-order valence-electron chi connectivity index (χ1n) is 8.53. The van der Waals surface area contributed by atoms with Crippen LogP contribution in [0.4, 0.5) is 5.95 Å². The van der Waals surface area contributed by atoms with Crippen LogP contribution in [-0.2, 0) is 28.6 Å². The number of ether oxygens (including phenoxy) is 3. The zero-order valence-electron chi connectivity index (χ0n) is 15.8. The highest BCUT2D eigenvalue weighted by molar-refractivity contribution is 8.00. The first-order valence-corrected chi connectivity index (χ1v) is 9.88. The first-order chi connectivity index (χ1) is 13.7. The van der Waals surface area contributed by atoms with Crippen molar-refractivity contribution >= 4 is 59.0 Å². The van der Waals surface area contributed by atoms with E-state index in [0.717, 1.165) is 0 Å².